The van der Waals surface area contributed by atoms with E-state index in [4.69, 9.17) is 24.4 Å². The van der Waals surface area contributed by atoms with E-state index in [0.717, 1.165) is 59.1 Å². The molecule has 1 aromatic carbocycles. The topological polar surface area (TPSA) is 57.1 Å². The van der Waals surface area contributed by atoms with Gasteiger partial charge in [0.05, 0.1) is 30.1 Å². The monoisotopic (exact) mass is 571 g/mol. The van der Waals surface area contributed by atoms with Gasteiger partial charge in [0, 0.05) is 45.5 Å². The minimum atomic E-state index is -0.552. The Labute approximate surface area is 251 Å². The molecule has 2 unspecified atom stereocenters. The first kappa shape index (κ1) is 31.7. The highest BCUT2D eigenvalue weighted by atomic mass is 19.1. The van der Waals surface area contributed by atoms with E-state index >= 15 is 4.39 Å². The van der Waals surface area contributed by atoms with Gasteiger partial charge in [0.2, 0.25) is 0 Å². The SMILES string of the molecule is C=C/C(F)=C(\C=C)c1nc(-c2cc(C)nc3ccccc23)nc2c1CCC1C2CCC2(OCCO2)C1(C)C.CC.CC. The molecule has 0 radical (unpaired) electrons. The summed E-state index contributed by atoms with van der Waals surface area (Å²) in [6, 6.07) is 10.0. The molecule has 2 aliphatic carbocycles. The third-order valence-electron chi connectivity index (χ3n) is 9.01. The summed E-state index contributed by atoms with van der Waals surface area (Å²) >= 11 is 0. The molecule has 1 spiro atoms. The van der Waals surface area contributed by atoms with Crippen LogP contribution in [0.3, 0.4) is 0 Å². The van der Waals surface area contributed by atoms with Crippen molar-refractivity contribution in [3.63, 3.8) is 0 Å². The Balaban J connectivity index is 0.000000972. The lowest BCUT2D eigenvalue weighted by atomic mass is 9.55. The van der Waals surface area contributed by atoms with Crippen LogP contribution in [0.5, 0.6) is 0 Å². The number of allylic oxidation sites excluding steroid dienone is 4. The van der Waals surface area contributed by atoms with Crippen LogP contribution in [0, 0.1) is 18.3 Å². The summed E-state index contributed by atoms with van der Waals surface area (Å²) in [7, 11) is 0. The summed E-state index contributed by atoms with van der Waals surface area (Å²) in [4.78, 5) is 15.0. The van der Waals surface area contributed by atoms with Gasteiger partial charge in [-0.25, -0.2) is 14.4 Å². The van der Waals surface area contributed by atoms with Gasteiger partial charge >= 0.3 is 0 Å². The molecule has 3 heterocycles. The van der Waals surface area contributed by atoms with Crippen molar-refractivity contribution in [3.05, 3.63) is 84.1 Å². The van der Waals surface area contributed by atoms with Gasteiger partial charge in [0.25, 0.3) is 0 Å². The van der Waals surface area contributed by atoms with Crippen LogP contribution in [0.4, 0.5) is 4.39 Å². The quantitative estimate of drug-likeness (QED) is 0.292. The van der Waals surface area contributed by atoms with E-state index < -0.39 is 11.6 Å². The largest absolute Gasteiger partial charge is 0.347 e. The average molecular weight is 572 g/mol. The van der Waals surface area contributed by atoms with E-state index in [2.05, 4.69) is 27.0 Å². The lowest BCUT2D eigenvalue weighted by molar-refractivity contribution is -0.267. The standard InChI is InChI=1S/C32H34FN3O2.2C2H6/c1-6-20(26(33)7-2)28-23-12-13-25-22(14-15-32(31(25,4)5)37-16-17-38-32)29(23)36-30(35-28)24-18-19(3)34-27-11-9-8-10-21(24)27;2*1-2/h6-11,18,22,25H,1-2,12-17H2,3-5H3;2*1-2H3/b26-20-;;. The minimum Gasteiger partial charge on any atom is -0.347 e. The van der Waals surface area contributed by atoms with Crippen LogP contribution in [0.15, 0.2) is 61.5 Å². The lowest BCUT2D eigenvalue weighted by Gasteiger charge is -2.55. The van der Waals surface area contributed by atoms with Crippen LogP contribution < -0.4 is 0 Å². The summed E-state index contributed by atoms with van der Waals surface area (Å²) in [5.41, 5.74) is 5.47. The fraction of sp³-hybridized carbons (Fsp3) is 0.472. The number of nitrogens with zero attached hydrogens (tertiary/aromatic N) is 3. The van der Waals surface area contributed by atoms with E-state index in [1.165, 1.54) is 6.08 Å². The number of pyridine rings is 1. The van der Waals surface area contributed by atoms with Crippen LogP contribution in [-0.2, 0) is 15.9 Å². The van der Waals surface area contributed by atoms with Crippen molar-refractivity contribution in [1.82, 2.24) is 15.0 Å². The van der Waals surface area contributed by atoms with Crippen LogP contribution in [0.25, 0.3) is 27.9 Å². The number of ether oxygens (including phenoxy) is 2. The molecular formula is C36H46FN3O2. The molecule has 0 bridgehead atoms. The molecule has 1 saturated carbocycles. The molecule has 1 saturated heterocycles. The predicted octanol–water partition coefficient (Wildman–Crippen LogP) is 9.31. The number of aromatic nitrogens is 3. The number of hydrogen-bond donors (Lipinski definition) is 0. The third-order valence-corrected chi connectivity index (χ3v) is 9.01. The molecule has 0 N–H and O–H groups in total. The van der Waals surface area contributed by atoms with E-state index in [1.807, 2.05) is 65.0 Å². The van der Waals surface area contributed by atoms with E-state index in [0.29, 0.717) is 36.2 Å². The molecule has 2 fully saturated rings. The van der Waals surface area contributed by atoms with E-state index in [9.17, 15) is 0 Å². The van der Waals surface area contributed by atoms with Crippen molar-refractivity contribution in [1.29, 1.82) is 0 Å². The molecule has 0 amide bonds. The Bertz CT molecular complexity index is 1490. The highest BCUT2D eigenvalue weighted by Crippen LogP contribution is 2.60. The number of para-hydroxylation sites is 1. The second-order valence-electron chi connectivity index (χ2n) is 11.2. The van der Waals surface area contributed by atoms with Gasteiger partial charge in [0.15, 0.2) is 11.6 Å². The van der Waals surface area contributed by atoms with Crippen LogP contribution >= 0.6 is 0 Å². The maximum absolute atomic E-state index is 15.1. The molecule has 1 aliphatic heterocycles. The third kappa shape index (κ3) is 5.24. The number of fused-ring (bicyclic) bond motifs is 4. The molecule has 2 atom stereocenters. The van der Waals surface area contributed by atoms with Crippen molar-refractivity contribution in [2.24, 2.45) is 11.3 Å². The van der Waals surface area contributed by atoms with Crippen molar-refractivity contribution in [3.8, 4) is 11.4 Å². The first-order valence-corrected chi connectivity index (χ1v) is 15.5. The molecular weight excluding hydrogens is 525 g/mol. The molecule has 6 heteroatoms. The maximum atomic E-state index is 15.1. The number of benzene rings is 1. The van der Waals surface area contributed by atoms with Crippen LogP contribution in [0.1, 0.15) is 89.4 Å². The van der Waals surface area contributed by atoms with E-state index in [1.54, 1.807) is 6.08 Å². The van der Waals surface area contributed by atoms with Gasteiger partial charge in [0.1, 0.15) is 5.83 Å². The van der Waals surface area contributed by atoms with Gasteiger partial charge in [-0.15, -0.1) is 0 Å². The second-order valence-corrected chi connectivity index (χ2v) is 11.2. The summed E-state index contributed by atoms with van der Waals surface area (Å²) in [5.74, 6) is 0.113. The van der Waals surface area contributed by atoms with Crippen molar-refractivity contribution >= 4 is 16.5 Å². The highest BCUT2D eigenvalue weighted by molar-refractivity contribution is 5.93. The summed E-state index contributed by atoms with van der Waals surface area (Å²) in [6.07, 6.45) is 6.16. The molecule has 6 rings (SSSR count). The molecule has 5 nitrogen and oxygen atoms in total. The van der Waals surface area contributed by atoms with Gasteiger partial charge in [-0.3, -0.25) is 4.98 Å². The summed E-state index contributed by atoms with van der Waals surface area (Å²) in [5, 5.41) is 0.973. The van der Waals surface area contributed by atoms with Crippen LogP contribution in [-0.4, -0.2) is 34.0 Å². The first-order chi connectivity index (χ1) is 20.3. The number of hydrogen-bond acceptors (Lipinski definition) is 5. The zero-order valence-electron chi connectivity index (χ0n) is 26.4. The zero-order chi connectivity index (χ0) is 30.7. The van der Waals surface area contributed by atoms with Gasteiger partial charge in [-0.2, -0.15) is 0 Å². The van der Waals surface area contributed by atoms with Gasteiger partial charge in [-0.1, -0.05) is 79.0 Å². The maximum Gasteiger partial charge on any atom is 0.173 e. The Morgan fingerprint density at radius 3 is 2.33 bits per heavy atom. The first-order valence-electron chi connectivity index (χ1n) is 15.5. The summed E-state index contributed by atoms with van der Waals surface area (Å²) in [6.45, 7) is 23.4. The number of aryl methyl sites for hydroxylation is 1. The van der Waals surface area contributed by atoms with E-state index in [-0.39, 0.29) is 11.3 Å². The predicted molar refractivity (Wildman–Crippen MR) is 171 cm³/mol. The molecule has 42 heavy (non-hydrogen) atoms. The normalized spacial score (nSPS) is 22.0. The Kier molecular flexibility index (Phi) is 9.79. The second kappa shape index (κ2) is 13.0. The lowest BCUT2D eigenvalue weighted by Crippen LogP contribution is -2.56. The van der Waals surface area contributed by atoms with Crippen molar-refractivity contribution in [2.45, 2.75) is 85.9 Å². The molecule has 2 aromatic heterocycles. The molecule has 3 aromatic rings. The number of rotatable bonds is 4. The van der Waals surface area contributed by atoms with Gasteiger partial charge < -0.3 is 9.47 Å². The average Bonchev–Trinajstić information content (AvgIpc) is 3.51. The summed E-state index contributed by atoms with van der Waals surface area (Å²) < 4.78 is 27.7. The zero-order valence-corrected chi connectivity index (χ0v) is 26.4. The fourth-order valence-electron chi connectivity index (χ4n) is 7.12. The Morgan fingerprint density at radius 2 is 1.67 bits per heavy atom. The Hall–Kier alpha value is -3.22. The number of halogens is 1. The molecule has 3 aliphatic rings. The van der Waals surface area contributed by atoms with Crippen LogP contribution in [0.2, 0.25) is 0 Å². The highest BCUT2D eigenvalue weighted by Gasteiger charge is 2.59. The molecule has 224 valence electrons. The van der Waals surface area contributed by atoms with Crippen molar-refractivity contribution < 1.29 is 13.9 Å². The van der Waals surface area contributed by atoms with Gasteiger partial charge in [-0.05, 0) is 50.3 Å². The minimum absolute atomic E-state index is 0.194. The fourth-order valence-corrected chi connectivity index (χ4v) is 7.12. The van der Waals surface area contributed by atoms with Crippen molar-refractivity contribution in [2.75, 3.05) is 13.2 Å². The Morgan fingerprint density at radius 1 is 0.976 bits per heavy atom. The smallest absolute Gasteiger partial charge is 0.173 e.